The van der Waals surface area contributed by atoms with Crippen LogP contribution in [0.3, 0.4) is 0 Å². The van der Waals surface area contributed by atoms with E-state index < -0.39 is 0 Å². The third-order valence-electron chi connectivity index (χ3n) is 4.79. The lowest BCUT2D eigenvalue weighted by Gasteiger charge is -2.47. The van der Waals surface area contributed by atoms with Gasteiger partial charge in [-0.3, -0.25) is 10.8 Å². The van der Waals surface area contributed by atoms with E-state index in [1.165, 1.54) is 12.8 Å². The zero-order valence-corrected chi connectivity index (χ0v) is 9.71. The van der Waals surface area contributed by atoms with E-state index in [0.29, 0.717) is 17.8 Å². The minimum atomic E-state index is -0.194. The second kappa shape index (κ2) is 2.86. The highest BCUT2D eigenvalue weighted by Crippen LogP contribution is 2.51. The van der Waals surface area contributed by atoms with Crippen LogP contribution in [0.25, 0.3) is 0 Å². The van der Waals surface area contributed by atoms with Gasteiger partial charge in [-0.15, -0.1) is 0 Å². The largest absolute Gasteiger partial charge is 0.354 e. The minimum Gasteiger partial charge on any atom is -0.354 e. The van der Waals surface area contributed by atoms with Crippen LogP contribution in [0, 0.1) is 22.7 Å². The van der Waals surface area contributed by atoms with Gasteiger partial charge in [0.05, 0.1) is 6.04 Å². The van der Waals surface area contributed by atoms with Crippen LogP contribution in [-0.4, -0.2) is 41.6 Å². The first-order valence-electron chi connectivity index (χ1n) is 6.45. The Hall–Kier alpha value is -1.46. The quantitative estimate of drug-likeness (QED) is 0.421. The summed E-state index contributed by atoms with van der Waals surface area (Å²) in [4.78, 5) is 2.14. The van der Waals surface area contributed by atoms with Crippen molar-refractivity contribution in [3.8, 4) is 0 Å². The summed E-state index contributed by atoms with van der Waals surface area (Å²) in [6.45, 7) is 1.68. The molecule has 0 amide bonds. The highest BCUT2D eigenvalue weighted by atomic mass is 15.5. The van der Waals surface area contributed by atoms with E-state index in [1.807, 2.05) is 0 Å². The summed E-state index contributed by atoms with van der Waals surface area (Å²) in [5, 5.41) is 25.6. The molecular weight excluding hydrogens is 216 g/mol. The van der Waals surface area contributed by atoms with Crippen molar-refractivity contribution in [2.45, 2.75) is 31.0 Å². The summed E-state index contributed by atoms with van der Waals surface area (Å²) in [6, 6.07) is 0.220. The molecule has 6 heteroatoms. The zero-order chi connectivity index (χ0) is 11.6. The molecule has 5 N–H and O–H groups in total. The second-order valence-electron chi connectivity index (χ2n) is 5.64. The van der Waals surface area contributed by atoms with E-state index in [4.69, 9.17) is 10.8 Å². The summed E-state index contributed by atoms with van der Waals surface area (Å²) in [5.74, 6) is 2.33. The predicted molar refractivity (Wildman–Crippen MR) is 63.8 cm³/mol. The van der Waals surface area contributed by atoms with Crippen LogP contribution in [0.1, 0.15) is 19.3 Å². The fraction of sp³-hybridized carbons (Fsp3) is 0.818. The molecule has 1 aliphatic carbocycles. The first-order chi connectivity index (χ1) is 8.22. The van der Waals surface area contributed by atoms with Crippen molar-refractivity contribution < 1.29 is 0 Å². The standard InChI is InChI=1S/C11H18N6/c12-9-15-8-5-14-10(13)17-4-3-7(6-1-2-6)11(8,17)16-9/h6-8H,1-5H2,(H2,13,14)(H3,12,15,16). The molecule has 0 radical (unpaired) electrons. The van der Waals surface area contributed by atoms with Crippen molar-refractivity contribution >= 4 is 11.9 Å². The smallest absolute Gasteiger partial charge is 0.193 e. The molecule has 0 aromatic carbocycles. The molecule has 3 unspecified atom stereocenters. The van der Waals surface area contributed by atoms with E-state index in [1.54, 1.807) is 0 Å². The number of nitrogens with zero attached hydrogens (tertiary/aromatic N) is 1. The van der Waals surface area contributed by atoms with E-state index in [9.17, 15) is 0 Å². The number of rotatable bonds is 1. The molecule has 3 aliphatic heterocycles. The Kier molecular flexibility index (Phi) is 1.61. The third-order valence-corrected chi connectivity index (χ3v) is 4.79. The van der Waals surface area contributed by atoms with Crippen LogP contribution in [-0.2, 0) is 0 Å². The highest BCUT2D eigenvalue weighted by Gasteiger charge is 2.63. The Bertz CT molecular complexity index is 403. The van der Waals surface area contributed by atoms with E-state index in [2.05, 4.69) is 20.9 Å². The maximum Gasteiger partial charge on any atom is 0.193 e. The van der Waals surface area contributed by atoms with Gasteiger partial charge in [-0.1, -0.05) is 0 Å². The lowest BCUT2D eigenvalue weighted by Crippen LogP contribution is -2.72. The van der Waals surface area contributed by atoms with Crippen LogP contribution < -0.4 is 16.0 Å². The Labute approximate surface area is 100 Å². The average Bonchev–Trinajstić information content (AvgIpc) is 2.97. The predicted octanol–water partition coefficient (Wildman–Crippen LogP) is -0.551. The molecule has 6 nitrogen and oxygen atoms in total. The molecule has 92 valence electrons. The summed E-state index contributed by atoms with van der Waals surface area (Å²) >= 11 is 0. The van der Waals surface area contributed by atoms with Gasteiger partial charge in [0.1, 0.15) is 5.66 Å². The Morgan fingerprint density at radius 1 is 1.24 bits per heavy atom. The first-order valence-corrected chi connectivity index (χ1v) is 6.45. The molecule has 3 heterocycles. The van der Waals surface area contributed by atoms with Crippen molar-refractivity contribution in [2.24, 2.45) is 11.8 Å². The maximum absolute atomic E-state index is 8.06. The monoisotopic (exact) mass is 234 g/mol. The topological polar surface area (TPSA) is 87.0 Å². The molecule has 3 saturated heterocycles. The van der Waals surface area contributed by atoms with E-state index in [0.717, 1.165) is 25.4 Å². The van der Waals surface area contributed by atoms with Crippen molar-refractivity contribution in [2.75, 3.05) is 13.1 Å². The molecule has 0 aromatic rings. The third kappa shape index (κ3) is 1.06. The molecule has 4 rings (SSSR count). The first kappa shape index (κ1) is 9.56. The van der Waals surface area contributed by atoms with Gasteiger partial charge in [0.25, 0.3) is 0 Å². The van der Waals surface area contributed by atoms with Gasteiger partial charge in [0.2, 0.25) is 0 Å². The van der Waals surface area contributed by atoms with Crippen LogP contribution in [0.15, 0.2) is 0 Å². The van der Waals surface area contributed by atoms with Crippen molar-refractivity contribution in [3.63, 3.8) is 0 Å². The summed E-state index contributed by atoms with van der Waals surface area (Å²) < 4.78 is 0. The molecule has 1 saturated carbocycles. The summed E-state index contributed by atoms with van der Waals surface area (Å²) in [7, 11) is 0. The molecule has 3 atom stereocenters. The van der Waals surface area contributed by atoms with Gasteiger partial charge in [-0.25, -0.2) is 0 Å². The van der Waals surface area contributed by atoms with Crippen LogP contribution in [0.2, 0.25) is 0 Å². The van der Waals surface area contributed by atoms with Gasteiger partial charge in [-0.2, -0.15) is 0 Å². The Morgan fingerprint density at radius 2 is 2.06 bits per heavy atom. The number of hydrogen-bond donors (Lipinski definition) is 5. The van der Waals surface area contributed by atoms with E-state index >= 15 is 0 Å². The van der Waals surface area contributed by atoms with Gasteiger partial charge >= 0.3 is 0 Å². The molecule has 0 bridgehead atoms. The van der Waals surface area contributed by atoms with Gasteiger partial charge < -0.3 is 20.9 Å². The fourth-order valence-electron chi connectivity index (χ4n) is 3.98. The van der Waals surface area contributed by atoms with Crippen molar-refractivity contribution in [1.82, 2.24) is 20.9 Å². The SMILES string of the molecule is N=C1NC2CNC(=N)N3CCC(C4CC4)C23N1. The van der Waals surface area contributed by atoms with Gasteiger partial charge in [0, 0.05) is 19.0 Å². The molecule has 0 aromatic heterocycles. The lowest BCUT2D eigenvalue weighted by atomic mass is 9.83. The molecule has 1 spiro atoms. The van der Waals surface area contributed by atoms with Crippen LogP contribution in [0.5, 0.6) is 0 Å². The summed E-state index contributed by atoms with van der Waals surface area (Å²) in [6.07, 6.45) is 3.79. The Morgan fingerprint density at radius 3 is 2.82 bits per heavy atom. The molecule has 17 heavy (non-hydrogen) atoms. The number of hydrogen-bond acceptors (Lipinski definition) is 2. The zero-order valence-electron chi connectivity index (χ0n) is 9.71. The van der Waals surface area contributed by atoms with Crippen molar-refractivity contribution in [1.29, 1.82) is 10.8 Å². The van der Waals surface area contributed by atoms with Crippen LogP contribution in [0.4, 0.5) is 0 Å². The highest BCUT2D eigenvalue weighted by molar-refractivity contribution is 5.86. The number of guanidine groups is 2. The van der Waals surface area contributed by atoms with Crippen LogP contribution >= 0.6 is 0 Å². The minimum absolute atomic E-state index is 0.194. The number of nitrogens with one attached hydrogen (secondary N) is 5. The lowest BCUT2D eigenvalue weighted by molar-refractivity contribution is 0.0951. The average molecular weight is 234 g/mol. The fourth-order valence-corrected chi connectivity index (χ4v) is 3.98. The maximum atomic E-state index is 8.06. The van der Waals surface area contributed by atoms with E-state index in [-0.39, 0.29) is 11.7 Å². The van der Waals surface area contributed by atoms with Gasteiger partial charge in [-0.05, 0) is 25.2 Å². The molecular formula is C11H18N6. The Balaban J connectivity index is 1.78. The normalized spacial score (nSPS) is 43.6. The van der Waals surface area contributed by atoms with Gasteiger partial charge in [0.15, 0.2) is 11.9 Å². The second-order valence-corrected chi connectivity index (χ2v) is 5.64. The molecule has 4 aliphatic rings. The summed E-state index contributed by atoms with van der Waals surface area (Å²) in [5.41, 5.74) is -0.194. The molecule has 4 fully saturated rings. The van der Waals surface area contributed by atoms with Crippen molar-refractivity contribution in [3.05, 3.63) is 0 Å².